The molecule has 0 aromatic heterocycles. The summed E-state index contributed by atoms with van der Waals surface area (Å²) in [5.74, 6) is -4.07. The first-order valence-electron chi connectivity index (χ1n) is 6.41. The van der Waals surface area contributed by atoms with Gasteiger partial charge in [0.05, 0.1) is 5.69 Å². The Kier molecular flexibility index (Phi) is 5.64. The molecule has 25 heavy (non-hydrogen) atoms. The molecule has 0 radical (unpaired) electrons. The number of aliphatic hydroxyl groups excluding tert-OH is 2. The predicted octanol–water partition coefficient (Wildman–Crippen LogP) is -0.919. The first-order chi connectivity index (χ1) is 11.7. The summed E-state index contributed by atoms with van der Waals surface area (Å²) >= 11 is 11.8. The number of rotatable bonds is 1. The maximum Gasteiger partial charge on any atom is 0.366 e. The predicted molar refractivity (Wildman–Crippen MR) is 86.4 cm³/mol. The van der Waals surface area contributed by atoms with Crippen molar-refractivity contribution in [2.45, 2.75) is 12.2 Å². The lowest BCUT2D eigenvalue weighted by molar-refractivity contribution is -0.172. The number of nitrogens with zero attached hydrogens (tertiary/aromatic N) is 3. The summed E-state index contributed by atoms with van der Waals surface area (Å²) in [6.45, 7) is 0. The number of guanidine groups is 2. The molecule has 6 N–H and O–H groups in total. The molecule has 1 aromatic carbocycles. The summed E-state index contributed by atoms with van der Waals surface area (Å²) < 4.78 is 0. The Bertz CT molecular complexity index is 750. The average molecular weight is 392 g/mol. The zero-order valence-electron chi connectivity index (χ0n) is 12.2. The van der Waals surface area contributed by atoms with Gasteiger partial charge in [-0.3, -0.25) is 0 Å². The van der Waals surface area contributed by atoms with Crippen molar-refractivity contribution >= 4 is 52.7 Å². The molecule has 1 heterocycles. The van der Waals surface area contributed by atoms with E-state index in [1.165, 1.54) is 18.2 Å². The van der Waals surface area contributed by atoms with Crippen LogP contribution < -0.4 is 16.5 Å². The van der Waals surface area contributed by atoms with Gasteiger partial charge in [0.25, 0.3) is 5.96 Å². The van der Waals surface area contributed by atoms with Crippen LogP contribution >= 0.6 is 23.2 Å². The molecule has 0 saturated carbocycles. The largest absolute Gasteiger partial charge is 0.379 e. The normalized spacial score (nSPS) is 26.5. The van der Waals surface area contributed by atoms with Gasteiger partial charge in [-0.1, -0.05) is 23.2 Å². The molecule has 0 aliphatic carbocycles. The minimum absolute atomic E-state index is 0.0353. The van der Waals surface area contributed by atoms with Gasteiger partial charge in [0.2, 0.25) is 5.96 Å². The van der Waals surface area contributed by atoms with Crippen LogP contribution in [0.2, 0.25) is 10.0 Å². The number of hydrogen-bond donors (Lipinski definition) is 4. The molecule has 2 rings (SSSR count). The van der Waals surface area contributed by atoms with Crippen LogP contribution in [0.25, 0.3) is 0 Å². The van der Waals surface area contributed by atoms with E-state index >= 15 is 0 Å². The fraction of sp³-hybridized carbons (Fsp3) is 0.167. The van der Waals surface area contributed by atoms with E-state index in [0.717, 1.165) is 0 Å². The van der Waals surface area contributed by atoms with Crippen LogP contribution in [0.3, 0.4) is 0 Å². The molecule has 134 valence electrons. The third-order valence-corrected chi connectivity index (χ3v) is 3.15. The lowest BCUT2D eigenvalue weighted by Crippen LogP contribution is -2.46. The van der Waals surface area contributed by atoms with Gasteiger partial charge in [0, 0.05) is 10.0 Å². The van der Waals surface area contributed by atoms with Gasteiger partial charge in [-0.05, 0) is 23.4 Å². The van der Waals surface area contributed by atoms with E-state index < -0.39 is 36.1 Å². The average Bonchev–Trinajstić information content (AvgIpc) is 2.54. The first-order valence-corrected chi connectivity index (χ1v) is 7.17. The van der Waals surface area contributed by atoms with E-state index in [-0.39, 0.29) is 15.7 Å². The fourth-order valence-electron chi connectivity index (χ4n) is 1.62. The second kappa shape index (κ2) is 7.53. The lowest BCUT2D eigenvalue weighted by atomic mass is 10.2. The van der Waals surface area contributed by atoms with E-state index in [9.17, 15) is 19.8 Å². The number of nitrogens with two attached hydrogens (primary N) is 2. The van der Waals surface area contributed by atoms with Crippen molar-refractivity contribution in [3.63, 3.8) is 0 Å². The maximum atomic E-state index is 12.0. The van der Waals surface area contributed by atoms with Crippen LogP contribution in [0.15, 0.2) is 28.3 Å². The molecule has 11 nitrogen and oxygen atoms in total. The highest BCUT2D eigenvalue weighted by Gasteiger charge is 2.36. The molecule has 1 aliphatic heterocycles. The molecule has 0 fully saturated rings. The minimum Gasteiger partial charge on any atom is -0.379 e. The van der Waals surface area contributed by atoms with Crippen LogP contribution in [0.4, 0.5) is 5.69 Å². The highest BCUT2D eigenvalue weighted by Crippen LogP contribution is 2.26. The van der Waals surface area contributed by atoms with Crippen molar-refractivity contribution < 1.29 is 29.5 Å². The Morgan fingerprint density at radius 2 is 1.60 bits per heavy atom. The van der Waals surface area contributed by atoms with Gasteiger partial charge in [-0.25, -0.2) is 9.59 Å². The van der Waals surface area contributed by atoms with Gasteiger partial charge >= 0.3 is 11.9 Å². The molecule has 1 aliphatic rings. The third-order valence-electron chi connectivity index (χ3n) is 2.71. The van der Waals surface area contributed by atoms with Gasteiger partial charge in [0.1, 0.15) is 0 Å². The molecular formula is C12H11Cl2N5O6. The Hall–Kier alpha value is -2.60. The highest BCUT2D eigenvalue weighted by molar-refractivity contribution is 6.35. The molecule has 13 heteroatoms. The smallest absolute Gasteiger partial charge is 0.366 e. The summed E-state index contributed by atoms with van der Waals surface area (Å²) in [5.41, 5.74) is 11.1. The van der Waals surface area contributed by atoms with Crippen molar-refractivity contribution in [3.8, 4) is 0 Å². The number of carbonyl (C=O) groups is 2. The van der Waals surface area contributed by atoms with Crippen LogP contribution in [0, 0.1) is 0 Å². The second-order valence-electron chi connectivity index (χ2n) is 4.55. The van der Waals surface area contributed by atoms with Crippen LogP contribution in [0.5, 0.6) is 0 Å². The van der Waals surface area contributed by atoms with E-state index in [1.54, 1.807) is 0 Å². The van der Waals surface area contributed by atoms with Crippen molar-refractivity contribution in [1.82, 2.24) is 0 Å². The molecular weight excluding hydrogens is 381 g/mol. The van der Waals surface area contributed by atoms with Crippen molar-refractivity contribution in [1.29, 1.82) is 0 Å². The topological polar surface area (TPSA) is 173 Å². The van der Waals surface area contributed by atoms with Gasteiger partial charge in [-0.15, -0.1) is 5.06 Å². The summed E-state index contributed by atoms with van der Waals surface area (Å²) in [6.07, 6.45) is -4.58. The number of hydrogen-bond acceptors (Lipinski definition) is 11. The Labute approximate surface area is 149 Å². The number of carbonyl (C=O) groups excluding carboxylic acids is 2. The quantitative estimate of drug-likeness (QED) is 0.441. The van der Waals surface area contributed by atoms with Crippen molar-refractivity contribution in [3.05, 3.63) is 28.2 Å². The number of benzene rings is 1. The Balaban J connectivity index is 2.50. The zero-order chi connectivity index (χ0) is 18.7. The molecule has 1 aromatic rings. The van der Waals surface area contributed by atoms with Crippen LogP contribution in [-0.2, 0) is 19.3 Å². The Morgan fingerprint density at radius 1 is 1.04 bits per heavy atom. The lowest BCUT2D eigenvalue weighted by Gasteiger charge is -2.23. The fourth-order valence-corrected chi connectivity index (χ4v) is 2.13. The number of hydroxylamine groups is 1. The molecule has 0 saturated heterocycles. The SMILES string of the molecule is NC1=N/OC(=O)C(O)C(O)C(=O)ON(c2cc(Cl)cc(Cl)c2)\C(N)=N\1. The van der Waals surface area contributed by atoms with Crippen LogP contribution in [-0.4, -0.2) is 46.3 Å². The Morgan fingerprint density at radius 3 is 2.20 bits per heavy atom. The van der Waals surface area contributed by atoms with E-state index in [4.69, 9.17) is 39.5 Å². The number of aliphatic imine (C=N–C) groups is 1. The summed E-state index contributed by atoms with van der Waals surface area (Å²) in [7, 11) is 0. The first kappa shape index (κ1) is 18.7. The molecule has 0 spiro atoms. The van der Waals surface area contributed by atoms with Gasteiger partial charge in [0.15, 0.2) is 12.2 Å². The molecule has 0 bridgehead atoms. The number of halogens is 2. The van der Waals surface area contributed by atoms with Gasteiger partial charge < -0.3 is 31.4 Å². The summed E-state index contributed by atoms with van der Waals surface area (Å²) in [4.78, 5) is 36.0. The number of oxime groups is 1. The van der Waals surface area contributed by atoms with E-state index in [2.05, 4.69) is 15.0 Å². The third kappa shape index (κ3) is 4.48. The monoisotopic (exact) mass is 391 g/mol. The number of aliphatic hydroxyl groups is 2. The van der Waals surface area contributed by atoms with Gasteiger partial charge in [-0.2, -0.15) is 4.99 Å². The standard InChI is InChI=1S/C12H11Cl2N5O6/c13-4-1-5(14)3-6(2-4)19-12(16)17-11(15)18-24-9(22)7(20)8(21)10(23)25-19/h1-3,7-8,20-21H,(H4,15,16,17,18). The number of anilines is 1. The minimum atomic E-state index is -2.30. The van der Waals surface area contributed by atoms with E-state index in [0.29, 0.717) is 5.06 Å². The highest BCUT2D eigenvalue weighted by atomic mass is 35.5. The summed E-state index contributed by atoms with van der Waals surface area (Å²) in [5, 5.41) is 23.3. The molecule has 0 amide bonds. The van der Waals surface area contributed by atoms with Crippen molar-refractivity contribution in [2.24, 2.45) is 21.6 Å². The van der Waals surface area contributed by atoms with Crippen molar-refractivity contribution in [2.75, 3.05) is 5.06 Å². The molecule has 2 unspecified atom stereocenters. The van der Waals surface area contributed by atoms with Crippen LogP contribution in [0.1, 0.15) is 0 Å². The zero-order valence-corrected chi connectivity index (χ0v) is 13.7. The molecule has 2 atom stereocenters. The van der Waals surface area contributed by atoms with E-state index in [1.807, 2.05) is 0 Å². The maximum absolute atomic E-state index is 12.0. The summed E-state index contributed by atoms with van der Waals surface area (Å²) in [6, 6.07) is 4.01. The second-order valence-corrected chi connectivity index (χ2v) is 5.42.